The number of alkyl halides is 3. The molecule has 1 fully saturated rings. The SMILES string of the molecule is CC(C)NC(=O)c1ccc(Cl)cc1NC(=O)C1CC(=O)N(Cc2cccc(C(F)(F)F)c2)C1. The normalized spacial score (nSPS) is 16.3. The van der Waals surface area contributed by atoms with E-state index in [1.165, 1.54) is 35.2 Å². The molecule has 1 aliphatic heterocycles. The van der Waals surface area contributed by atoms with Gasteiger partial charge in [0.15, 0.2) is 0 Å². The van der Waals surface area contributed by atoms with Crippen LogP contribution in [0.15, 0.2) is 42.5 Å². The fraction of sp³-hybridized carbons (Fsp3) is 0.348. The number of carbonyl (C=O) groups is 3. The average molecular weight is 482 g/mol. The molecule has 1 aliphatic rings. The topological polar surface area (TPSA) is 78.5 Å². The van der Waals surface area contributed by atoms with E-state index >= 15 is 0 Å². The third kappa shape index (κ3) is 6.25. The minimum Gasteiger partial charge on any atom is -0.350 e. The van der Waals surface area contributed by atoms with Crippen LogP contribution < -0.4 is 10.6 Å². The van der Waals surface area contributed by atoms with Gasteiger partial charge in [0.1, 0.15) is 0 Å². The molecule has 0 spiro atoms. The van der Waals surface area contributed by atoms with Crippen LogP contribution in [-0.2, 0) is 22.3 Å². The summed E-state index contributed by atoms with van der Waals surface area (Å²) in [4.78, 5) is 39.1. The molecule has 1 atom stereocenters. The molecule has 33 heavy (non-hydrogen) atoms. The number of amides is 3. The van der Waals surface area contributed by atoms with Gasteiger partial charge in [0.05, 0.1) is 22.7 Å². The zero-order valence-electron chi connectivity index (χ0n) is 18.0. The number of carbonyl (C=O) groups excluding carboxylic acids is 3. The number of halogens is 4. The van der Waals surface area contributed by atoms with Gasteiger partial charge >= 0.3 is 6.18 Å². The minimum absolute atomic E-state index is 0.0360. The van der Waals surface area contributed by atoms with Crippen molar-refractivity contribution in [3.8, 4) is 0 Å². The Bertz CT molecular complexity index is 1070. The monoisotopic (exact) mass is 481 g/mol. The molecule has 2 aromatic carbocycles. The molecule has 0 radical (unpaired) electrons. The highest BCUT2D eigenvalue weighted by molar-refractivity contribution is 6.31. The maximum Gasteiger partial charge on any atom is 0.416 e. The zero-order valence-corrected chi connectivity index (χ0v) is 18.8. The van der Waals surface area contributed by atoms with Crippen molar-refractivity contribution in [2.24, 2.45) is 5.92 Å². The van der Waals surface area contributed by atoms with Crippen molar-refractivity contribution in [2.75, 3.05) is 11.9 Å². The zero-order chi connectivity index (χ0) is 24.3. The standard InChI is InChI=1S/C23H23ClF3N3O3/c1-13(2)28-22(33)18-7-6-17(24)10-19(18)29-21(32)15-9-20(31)30(12-15)11-14-4-3-5-16(8-14)23(25,26)27/h3-8,10,13,15H,9,11-12H2,1-2H3,(H,28,33)(H,29,32). The quantitative estimate of drug-likeness (QED) is 0.638. The molecular weight excluding hydrogens is 459 g/mol. The number of hydrogen-bond donors (Lipinski definition) is 2. The summed E-state index contributed by atoms with van der Waals surface area (Å²) in [6, 6.07) is 9.10. The second-order valence-corrected chi connectivity index (χ2v) is 8.62. The van der Waals surface area contributed by atoms with E-state index < -0.39 is 23.6 Å². The van der Waals surface area contributed by atoms with E-state index in [0.29, 0.717) is 10.6 Å². The van der Waals surface area contributed by atoms with Crippen LogP contribution >= 0.6 is 11.6 Å². The third-order valence-corrected chi connectivity index (χ3v) is 5.35. The van der Waals surface area contributed by atoms with E-state index in [0.717, 1.165) is 12.1 Å². The number of anilines is 1. The molecular formula is C23H23ClF3N3O3. The highest BCUT2D eigenvalue weighted by Gasteiger charge is 2.35. The Labute approximate surface area is 194 Å². The Balaban J connectivity index is 1.70. The van der Waals surface area contributed by atoms with Gasteiger partial charge in [-0.15, -0.1) is 0 Å². The summed E-state index contributed by atoms with van der Waals surface area (Å²) >= 11 is 6.03. The van der Waals surface area contributed by atoms with Crippen LogP contribution in [0.2, 0.25) is 5.02 Å². The predicted molar refractivity (Wildman–Crippen MR) is 118 cm³/mol. The molecule has 0 bridgehead atoms. The van der Waals surface area contributed by atoms with Crippen molar-refractivity contribution in [3.63, 3.8) is 0 Å². The van der Waals surface area contributed by atoms with Gasteiger partial charge in [-0.25, -0.2) is 0 Å². The van der Waals surface area contributed by atoms with Crippen molar-refractivity contribution < 1.29 is 27.6 Å². The van der Waals surface area contributed by atoms with E-state index in [1.54, 1.807) is 13.8 Å². The lowest BCUT2D eigenvalue weighted by Crippen LogP contribution is -2.32. The summed E-state index contributed by atoms with van der Waals surface area (Å²) in [6.45, 7) is 3.62. The van der Waals surface area contributed by atoms with Gasteiger partial charge in [0, 0.05) is 30.6 Å². The number of benzene rings is 2. The highest BCUT2D eigenvalue weighted by Crippen LogP contribution is 2.30. The van der Waals surface area contributed by atoms with Crippen LogP contribution in [0, 0.1) is 5.92 Å². The molecule has 1 heterocycles. The summed E-state index contributed by atoms with van der Waals surface area (Å²) in [6.07, 6.45) is -4.57. The first kappa shape index (κ1) is 24.6. The fourth-order valence-electron chi connectivity index (χ4n) is 3.56. The molecule has 2 aromatic rings. The van der Waals surface area contributed by atoms with Gasteiger partial charge in [0.25, 0.3) is 5.91 Å². The van der Waals surface area contributed by atoms with E-state index in [4.69, 9.17) is 11.6 Å². The summed E-state index contributed by atoms with van der Waals surface area (Å²) < 4.78 is 38.8. The van der Waals surface area contributed by atoms with Crippen molar-refractivity contribution in [3.05, 3.63) is 64.2 Å². The van der Waals surface area contributed by atoms with E-state index in [2.05, 4.69) is 10.6 Å². The molecule has 3 rings (SSSR count). The first-order valence-corrected chi connectivity index (χ1v) is 10.7. The van der Waals surface area contributed by atoms with Crippen LogP contribution in [0.5, 0.6) is 0 Å². The van der Waals surface area contributed by atoms with E-state index in [9.17, 15) is 27.6 Å². The molecule has 0 aromatic heterocycles. The summed E-state index contributed by atoms with van der Waals surface area (Å²) in [5.74, 6) is -1.92. The summed E-state index contributed by atoms with van der Waals surface area (Å²) in [5.41, 5.74) is -0.0307. The summed E-state index contributed by atoms with van der Waals surface area (Å²) in [5, 5.41) is 5.73. The van der Waals surface area contributed by atoms with Crippen LogP contribution in [-0.4, -0.2) is 35.2 Å². The number of likely N-dealkylation sites (tertiary alicyclic amines) is 1. The Morgan fingerprint density at radius 2 is 1.91 bits per heavy atom. The molecule has 10 heteroatoms. The molecule has 3 amide bonds. The molecule has 1 saturated heterocycles. The number of hydrogen-bond acceptors (Lipinski definition) is 3. The molecule has 176 valence electrons. The van der Waals surface area contributed by atoms with Crippen molar-refractivity contribution in [1.82, 2.24) is 10.2 Å². The van der Waals surface area contributed by atoms with Crippen molar-refractivity contribution in [1.29, 1.82) is 0 Å². The van der Waals surface area contributed by atoms with Crippen LogP contribution in [0.25, 0.3) is 0 Å². The maximum absolute atomic E-state index is 12.9. The highest BCUT2D eigenvalue weighted by atomic mass is 35.5. The lowest BCUT2D eigenvalue weighted by molar-refractivity contribution is -0.137. The molecule has 0 saturated carbocycles. The second-order valence-electron chi connectivity index (χ2n) is 8.18. The lowest BCUT2D eigenvalue weighted by Gasteiger charge is -2.18. The minimum atomic E-state index is -4.48. The van der Waals surface area contributed by atoms with Crippen molar-refractivity contribution in [2.45, 2.75) is 39.0 Å². The van der Waals surface area contributed by atoms with Gasteiger partial charge in [-0.1, -0.05) is 23.7 Å². The molecule has 2 N–H and O–H groups in total. The van der Waals surface area contributed by atoms with E-state index in [-0.39, 0.29) is 48.6 Å². The first-order chi connectivity index (χ1) is 15.4. The molecule has 0 aliphatic carbocycles. The van der Waals surface area contributed by atoms with E-state index in [1.807, 2.05) is 0 Å². The molecule has 1 unspecified atom stereocenters. The Kier molecular flexibility index (Phi) is 7.31. The average Bonchev–Trinajstić information content (AvgIpc) is 3.07. The fourth-order valence-corrected chi connectivity index (χ4v) is 3.73. The number of nitrogens with zero attached hydrogens (tertiary/aromatic N) is 1. The largest absolute Gasteiger partial charge is 0.416 e. The third-order valence-electron chi connectivity index (χ3n) is 5.12. The van der Waals surface area contributed by atoms with Gasteiger partial charge in [-0.05, 0) is 49.7 Å². The first-order valence-electron chi connectivity index (χ1n) is 10.3. The number of nitrogens with one attached hydrogen (secondary N) is 2. The Morgan fingerprint density at radius 1 is 1.18 bits per heavy atom. The smallest absolute Gasteiger partial charge is 0.350 e. The Morgan fingerprint density at radius 3 is 2.58 bits per heavy atom. The second kappa shape index (κ2) is 9.82. The predicted octanol–water partition coefficient (Wildman–Crippen LogP) is 4.48. The van der Waals surface area contributed by atoms with Crippen LogP contribution in [0.4, 0.5) is 18.9 Å². The number of rotatable bonds is 6. The van der Waals surface area contributed by atoms with Crippen molar-refractivity contribution >= 4 is 35.0 Å². The maximum atomic E-state index is 12.9. The van der Waals surface area contributed by atoms with Crippen LogP contribution in [0.1, 0.15) is 41.8 Å². The van der Waals surface area contributed by atoms with Crippen LogP contribution in [0.3, 0.4) is 0 Å². The molecule has 6 nitrogen and oxygen atoms in total. The van der Waals surface area contributed by atoms with Gasteiger partial charge in [-0.3, -0.25) is 14.4 Å². The summed E-state index contributed by atoms with van der Waals surface area (Å²) in [7, 11) is 0. The Hall–Kier alpha value is -3.07. The van der Waals surface area contributed by atoms with Gasteiger partial charge in [0.2, 0.25) is 11.8 Å². The lowest BCUT2D eigenvalue weighted by atomic mass is 10.1. The van der Waals surface area contributed by atoms with Gasteiger partial charge < -0.3 is 15.5 Å². The van der Waals surface area contributed by atoms with Gasteiger partial charge in [-0.2, -0.15) is 13.2 Å².